The smallest absolute Gasteiger partial charge is 0.121 e. The summed E-state index contributed by atoms with van der Waals surface area (Å²) in [7, 11) is 1.60. The molecule has 4 nitrogen and oxygen atoms in total. The fraction of sp³-hybridized carbons (Fsp3) is 0.111. The first kappa shape index (κ1) is 8.96. The average Bonchev–Trinajstić information content (AvgIpc) is 2.40. The van der Waals surface area contributed by atoms with E-state index in [2.05, 4.69) is 4.37 Å². The molecule has 0 radical (unpaired) electrons. The van der Waals surface area contributed by atoms with Crippen LogP contribution in [0.15, 0.2) is 30.6 Å². The Balaban J connectivity index is 2.81. The number of hydrogen-bond donors (Lipinski definition) is 2. The van der Waals surface area contributed by atoms with Crippen molar-refractivity contribution in [1.82, 2.24) is 9.10 Å². The third kappa shape index (κ3) is 1.54. The van der Waals surface area contributed by atoms with Gasteiger partial charge in [0.1, 0.15) is 11.3 Å². The van der Waals surface area contributed by atoms with Crippen molar-refractivity contribution < 1.29 is 9.94 Å². The van der Waals surface area contributed by atoms with Crippen molar-refractivity contribution in [3.8, 4) is 5.75 Å². The van der Waals surface area contributed by atoms with Crippen LogP contribution >= 0.6 is 11.5 Å². The predicted molar refractivity (Wildman–Crippen MR) is 55.5 cm³/mol. The summed E-state index contributed by atoms with van der Waals surface area (Å²) >= 11 is 1.44. The molecular formula is C9H10N2O2S. The highest BCUT2D eigenvalue weighted by atomic mass is 32.1. The third-order valence-electron chi connectivity index (χ3n) is 1.87. The van der Waals surface area contributed by atoms with E-state index in [9.17, 15) is 5.21 Å². The minimum absolute atomic E-state index is 0.704. The Hall–Kier alpha value is -1.62. The van der Waals surface area contributed by atoms with Crippen LogP contribution in [0.5, 0.6) is 5.75 Å². The van der Waals surface area contributed by atoms with Crippen molar-refractivity contribution in [3.05, 3.63) is 30.6 Å². The number of fused-ring (bicyclic) bond motifs is 1. The molecule has 0 atom stereocenters. The summed E-state index contributed by atoms with van der Waals surface area (Å²) in [5.41, 5.74) is 0.704. The quantitative estimate of drug-likeness (QED) is 0.710. The van der Waals surface area contributed by atoms with Gasteiger partial charge in [-0.05, 0) is 12.1 Å². The van der Waals surface area contributed by atoms with E-state index in [1.807, 2.05) is 12.1 Å². The van der Waals surface area contributed by atoms with Crippen molar-refractivity contribution in [2.75, 3.05) is 7.11 Å². The van der Waals surface area contributed by atoms with Gasteiger partial charge in [-0.1, -0.05) is 11.5 Å². The molecule has 1 aromatic carbocycles. The van der Waals surface area contributed by atoms with Crippen molar-refractivity contribution >= 4 is 21.7 Å². The highest BCUT2D eigenvalue weighted by Gasteiger charge is 1.98. The summed E-state index contributed by atoms with van der Waals surface area (Å²) in [6.07, 6.45) is 3.20. The maximum absolute atomic E-state index is 9.60. The van der Waals surface area contributed by atoms with Gasteiger partial charge in [-0.15, -0.1) is 0 Å². The Labute approximate surface area is 84.8 Å². The molecule has 5 heteroatoms. The first-order valence-electron chi connectivity index (χ1n) is 4.06. The third-order valence-corrected chi connectivity index (χ3v) is 2.68. The van der Waals surface area contributed by atoms with E-state index >= 15 is 0 Å². The summed E-state index contributed by atoms with van der Waals surface area (Å²) in [4.78, 5) is 0. The predicted octanol–water partition coefficient (Wildman–Crippen LogP) is 2.40. The lowest BCUT2D eigenvalue weighted by molar-refractivity contribution is 0.198. The number of aromatic amines is 1. The number of nitrogens with one attached hydrogen (secondary N) is 1. The number of H-pyrrole nitrogens is 1. The Bertz CT molecular complexity index is 482. The SMILES string of the molecule is COc1ccc2s[nH]ccn(O)c2c1. The lowest BCUT2D eigenvalue weighted by Crippen LogP contribution is -1.90. The van der Waals surface area contributed by atoms with E-state index in [-0.39, 0.29) is 0 Å². The second-order valence-corrected chi connectivity index (χ2v) is 3.59. The monoisotopic (exact) mass is 210 g/mol. The molecule has 14 heavy (non-hydrogen) atoms. The number of ether oxygens (including phenoxy) is 1. The molecule has 0 aliphatic heterocycles. The van der Waals surface area contributed by atoms with E-state index in [0.29, 0.717) is 5.52 Å². The fourth-order valence-corrected chi connectivity index (χ4v) is 1.82. The summed E-state index contributed by atoms with van der Waals surface area (Å²) in [5, 5.41) is 9.60. The Morgan fingerprint density at radius 3 is 3.14 bits per heavy atom. The number of nitrogens with zero attached hydrogens (tertiary/aromatic N) is 1. The lowest BCUT2D eigenvalue weighted by atomic mass is 10.3. The average molecular weight is 210 g/mol. The molecule has 2 rings (SSSR count). The first-order valence-corrected chi connectivity index (χ1v) is 4.88. The van der Waals surface area contributed by atoms with E-state index in [0.717, 1.165) is 15.2 Å². The number of rotatable bonds is 1. The lowest BCUT2D eigenvalue weighted by Gasteiger charge is -2.01. The molecule has 0 fully saturated rings. The molecule has 2 aromatic rings. The Morgan fingerprint density at radius 1 is 1.50 bits per heavy atom. The standard InChI is InChI=1S/C9H10N2O2S/c1-13-7-2-3-9-8(6-7)11(12)5-4-10-14-9/h2-6,10,12H,1H3. The maximum atomic E-state index is 9.60. The molecule has 0 saturated heterocycles. The molecule has 0 amide bonds. The second-order valence-electron chi connectivity index (χ2n) is 2.71. The topological polar surface area (TPSA) is 50.2 Å². The van der Waals surface area contributed by atoms with E-state index in [1.54, 1.807) is 19.4 Å². The highest BCUT2D eigenvalue weighted by Crippen LogP contribution is 2.20. The van der Waals surface area contributed by atoms with E-state index < -0.39 is 0 Å². The van der Waals surface area contributed by atoms with Crippen LogP contribution in [0, 0.1) is 0 Å². The van der Waals surface area contributed by atoms with Gasteiger partial charge in [0.05, 0.1) is 18.0 Å². The number of benzene rings is 1. The van der Waals surface area contributed by atoms with Crippen LogP contribution in [-0.2, 0) is 0 Å². The molecule has 0 bridgehead atoms. The van der Waals surface area contributed by atoms with Crippen LogP contribution in [0.25, 0.3) is 10.2 Å². The van der Waals surface area contributed by atoms with Crippen LogP contribution in [0.4, 0.5) is 0 Å². The Kier molecular flexibility index (Phi) is 2.32. The molecule has 0 spiro atoms. The number of aromatic nitrogens is 2. The van der Waals surface area contributed by atoms with Crippen molar-refractivity contribution in [1.29, 1.82) is 0 Å². The number of methoxy groups -OCH3 is 1. The van der Waals surface area contributed by atoms with Gasteiger partial charge in [0.15, 0.2) is 0 Å². The minimum atomic E-state index is 0.704. The Morgan fingerprint density at radius 2 is 2.36 bits per heavy atom. The van der Waals surface area contributed by atoms with Crippen LogP contribution in [0.2, 0.25) is 0 Å². The summed E-state index contributed by atoms with van der Waals surface area (Å²) in [5.74, 6) is 0.721. The van der Waals surface area contributed by atoms with Crippen molar-refractivity contribution in [3.63, 3.8) is 0 Å². The minimum Gasteiger partial charge on any atom is -0.497 e. The summed E-state index contributed by atoms with van der Waals surface area (Å²) < 4.78 is 10.0. The molecular weight excluding hydrogens is 200 g/mol. The van der Waals surface area contributed by atoms with Crippen molar-refractivity contribution in [2.24, 2.45) is 0 Å². The van der Waals surface area contributed by atoms with Gasteiger partial charge >= 0.3 is 0 Å². The van der Waals surface area contributed by atoms with E-state index in [4.69, 9.17) is 4.74 Å². The van der Waals surface area contributed by atoms with Gasteiger partial charge in [-0.2, -0.15) is 4.73 Å². The molecule has 2 N–H and O–H groups in total. The molecule has 1 heterocycles. The van der Waals surface area contributed by atoms with Gasteiger partial charge < -0.3 is 14.3 Å². The molecule has 0 aliphatic carbocycles. The zero-order valence-electron chi connectivity index (χ0n) is 7.60. The molecule has 0 saturated carbocycles. The van der Waals surface area contributed by atoms with Crippen LogP contribution in [0.1, 0.15) is 0 Å². The van der Waals surface area contributed by atoms with Gasteiger partial charge in [0, 0.05) is 12.3 Å². The summed E-state index contributed by atoms with van der Waals surface area (Å²) in [6.45, 7) is 0. The van der Waals surface area contributed by atoms with Gasteiger partial charge in [-0.25, -0.2) is 0 Å². The van der Waals surface area contributed by atoms with Crippen molar-refractivity contribution in [2.45, 2.75) is 0 Å². The van der Waals surface area contributed by atoms with Gasteiger partial charge in [0.2, 0.25) is 0 Å². The highest BCUT2D eigenvalue weighted by molar-refractivity contribution is 7.12. The van der Waals surface area contributed by atoms with Crippen LogP contribution in [-0.4, -0.2) is 21.4 Å². The van der Waals surface area contributed by atoms with Gasteiger partial charge in [0.25, 0.3) is 0 Å². The van der Waals surface area contributed by atoms with Crippen LogP contribution < -0.4 is 4.74 Å². The summed E-state index contributed by atoms with van der Waals surface area (Å²) in [6, 6.07) is 5.52. The van der Waals surface area contributed by atoms with E-state index in [1.165, 1.54) is 17.7 Å². The van der Waals surface area contributed by atoms with Gasteiger partial charge in [-0.3, -0.25) is 0 Å². The largest absolute Gasteiger partial charge is 0.497 e. The van der Waals surface area contributed by atoms with Crippen LogP contribution in [0.3, 0.4) is 0 Å². The zero-order chi connectivity index (χ0) is 9.97. The molecule has 0 aliphatic rings. The maximum Gasteiger partial charge on any atom is 0.121 e. The first-order chi connectivity index (χ1) is 6.81. The second kappa shape index (κ2) is 3.63. The number of hydrogen-bond acceptors (Lipinski definition) is 3. The molecule has 1 aromatic heterocycles. The fourth-order valence-electron chi connectivity index (χ4n) is 1.17. The molecule has 74 valence electrons. The molecule has 0 unspecified atom stereocenters. The zero-order valence-corrected chi connectivity index (χ0v) is 8.41. The normalized spacial score (nSPS) is 10.1.